The lowest BCUT2D eigenvalue weighted by Crippen LogP contribution is -2.19. The summed E-state index contributed by atoms with van der Waals surface area (Å²) >= 11 is 0. The first-order valence-corrected chi connectivity index (χ1v) is 8.24. The Bertz CT molecular complexity index is 1160. The molecule has 0 aliphatic heterocycles. The summed E-state index contributed by atoms with van der Waals surface area (Å²) in [5.74, 6) is -0.793. The first-order valence-electron chi connectivity index (χ1n) is 8.24. The number of hydrogen-bond donors (Lipinski definition) is 0. The van der Waals surface area contributed by atoms with Crippen molar-refractivity contribution in [2.75, 3.05) is 6.61 Å². The third-order valence-electron chi connectivity index (χ3n) is 4.38. The molecule has 0 atom stereocenters. The summed E-state index contributed by atoms with van der Waals surface area (Å²) in [6.45, 7) is 4.55. The predicted molar refractivity (Wildman–Crippen MR) is 102 cm³/mol. The van der Waals surface area contributed by atoms with Crippen LogP contribution in [0.2, 0.25) is 0 Å². The highest BCUT2D eigenvalue weighted by atomic mass is 16.6. The largest absolute Gasteiger partial charge is 0.450 e. The highest BCUT2D eigenvalue weighted by molar-refractivity contribution is 6.24. The van der Waals surface area contributed by atoms with Crippen molar-refractivity contribution in [1.29, 1.82) is 0 Å². The summed E-state index contributed by atoms with van der Waals surface area (Å²) in [6, 6.07) is 18.0. The Labute approximate surface area is 150 Å². The molecule has 0 aliphatic carbocycles. The second-order valence-corrected chi connectivity index (χ2v) is 6.25. The second kappa shape index (κ2) is 6.15. The molecule has 0 saturated heterocycles. The Balaban J connectivity index is 1.73. The van der Waals surface area contributed by atoms with Gasteiger partial charge in [0, 0.05) is 16.3 Å². The Morgan fingerprint density at radius 3 is 2.19 bits per heavy atom. The van der Waals surface area contributed by atoms with Gasteiger partial charge in [-0.25, -0.2) is 9.59 Å². The number of carbonyl (C=O) groups is 2. The van der Waals surface area contributed by atoms with Crippen molar-refractivity contribution >= 4 is 44.3 Å². The lowest BCUT2D eigenvalue weighted by molar-refractivity contribution is -0.150. The molecular weight excluding hydrogens is 328 g/mol. The summed E-state index contributed by atoms with van der Waals surface area (Å²) in [5.41, 5.74) is 0.237. The van der Waals surface area contributed by atoms with E-state index in [9.17, 15) is 9.59 Å². The lowest BCUT2D eigenvalue weighted by atomic mass is 9.94. The molecule has 26 heavy (non-hydrogen) atoms. The number of ether oxygens (including phenoxy) is 2. The zero-order chi connectivity index (χ0) is 18.3. The molecule has 0 heterocycles. The molecule has 4 aromatic carbocycles. The number of benzene rings is 4. The monoisotopic (exact) mass is 344 g/mol. The minimum Gasteiger partial charge on any atom is -0.450 e. The van der Waals surface area contributed by atoms with E-state index in [-0.39, 0.29) is 5.57 Å². The summed E-state index contributed by atoms with van der Waals surface area (Å²) in [4.78, 5) is 23.5. The third-order valence-corrected chi connectivity index (χ3v) is 4.38. The molecule has 0 amide bonds. The van der Waals surface area contributed by atoms with Crippen LogP contribution in [0, 0.1) is 0 Å². The van der Waals surface area contributed by atoms with Gasteiger partial charge in [-0.05, 0) is 40.6 Å². The molecular formula is C22H16O4. The van der Waals surface area contributed by atoms with Gasteiger partial charge in [-0.2, -0.15) is 0 Å². The maximum absolute atomic E-state index is 12.1. The first-order chi connectivity index (χ1) is 12.5. The quantitative estimate of drug-likeness (QED) is 0.235. The van der Waals surface area contributed by atoms with Gasteiger partial charge in [0.05, 0.1) is 0 Å². The van der Waals surface area contributed by atoms with Gasteiger partial charge in [-0.1, -0.05) is 49.0 Å². The van der Waals surface area contributed by atoms with Crippen molar-refractivity contribution in [3.05, 3.63) is 66.7 Å². The fourth-order valence-electron chi connectivity index (χ4n) is 3.20. The summed E-state index contributed by atoms with van der Waals surface area (Å²) in [7, 11) is 0. The molecule has 0 aliphatic rings. The summed E-state index contributed by atoms with van der Waals surface area (Å²) < 4.78 is 10.3. The van der Waals surface area contributed by atoms with E-state index in [4.69, 9.17) is 9.47 Å². The fourth-order valence-corrected chi connectivity index (χ4v) is 3.20. The van der Waals surface area contributed by atoms with Crippen molar-refractivity contribution in [1.82, 2.24) is 0 Å². The highest BCUT2D eigenvalue weighted by Crippen LogP contribution is 2.38. The van der Waals surface area contributed by atoms with Crippen LogP contribution in [-0.4, -0.2) is 18.5 Å². The molecule has 0 aromatic heterocycles. The van der Waals surface area contributed by atoms with Crippen LogP contribution in [0.15, 0.2) is 66.7 Å². The number of carbonyl (C=O) groups excluding carboxylic acids is 2. The molecule has 0 unspecified atom stereocenters. The van der Waals surface area contributed by atoms with Crippen LogP contribution in [-0.2, 0) is 14.3 Å². The maximum atomic E-state index is 12.1. The van der Waals surface area contributed by atoms with E-state index in [1.807, 2.05) is 24.3 Å². The minimum absolute atomic E-state index is 0.237. The van der Waals surface area contributed by atoms with Crippen LogP contribution in [0.25, 0.3) is 32.3 Å². The van der Waals surface area contributed by atoms with Gasteiger partial charge < -0.3 is 9.47 Å². The van der Waals surface area contributed by atoms with E-state index in [2.05, 4.69) is 30.8 Å². The zero-order valence-corrected chi connectivity index (χ0v) is 14.2. The van der Waals surface area contributed by atoms with Crippen LogP contribution >= 0.6 is 0 Å². The van der Waals surface area contributed by atoms with Gasteiger partial charge in [0.2, 0.25) is 0 Å². The van der Waals surface area contributed by atoms with Crippen molar-refractivity contribution in [3.63, 3.8) is 0 Å². The minimum atomic E-state index is -0.630. The predicted octanol–water partition coefficient (Wildman–Crippen LogP) is 4.61. The van der Waals surface area contributed by atoms with Crippen LogP contribution in [0.5, 0.6) is 5.75 Å². The van der Waals surface area contributed by atoms with Gasteiger partial charge in [-0.3, -0.25) is 0 Å². The molecule has 0 bridgehead atoms. The smallest absolute Gasteiger partial charge is 0.349 e. The molecule has 4 aromatic rings. The highest BCUT2D eigenvalue weighted by Gasteiger charge is 2.15. The molecule has 0 fully saturated rings. The molecule has 0 saturated carbocycles. The van der Waals surface area contributed by atoms with Gasteiger partial charge in [0.15, 0.2) is 6.61 Å². The molecule has 0 N–H and O–H groups in total. The maximum Gasteiger partial charge on any atom is 0.349 e. The van der Waals surface area contributed by atoms with Gasteiger partial charge in [-0.15, -0.1) is 0 Å². The number of hydrogen-bond acceptors (Lipinski definition) is 4. The molecule has 0 spiro atoms. The second-order valence-electron chi connectivity index (χ2n) is 6.25. The van der Waals surface area contributed by atoms with Crippen LogP contribution in [0.1, 0.15) is 6.92 Å². The molecule has 0 radical (unpaired) electrons. The van der Waals surface area contributed by atoms with Gasteiger partial charge in [0.1, 0.15) is 5.75 Å². The van der Waals surface area contributed by atoms with E-state index in [1.54, 1.807) is 6.07 Å². The van der Waals surface area contributed by atoms with Crippen molar-refractivity contribution in [2.24, 2.45) is 0 Å². The standard InChI is InChI=1S/C22H16O4/c1-13(2)22(24)25-12-19(23)26-18-11-9-16-7-6-14-4-3-5-15-8-10-17(18)21(16)20(14)15/h3-11H,1,12H2,2H3. The number of rotatable bonds is 4. The zero-order valence-electron chi connectivity index (χ0n) is 14.2. The van der Waals surface area contributed by atoms with E-state index in [0.29, 0.717) is 5.75 Å². The van der Waals surface area contributed by atoms with Crippen molar-refractivity contribution in [2.45, 2.75) is 6.92 Å². The summed E-state index contributed by atoms with van der Waals surface area (Å²) in [5, 5.41) is 6.42. The molecule has 128 valence electrons. The number of esters is 2. The van der Waals surface area contributed by atoms with E-state index in [1.165, 1.54) is 6.92 Å². The SMILES string of the molecule is C=C(C)C(=O)OCC(=O)Oc1ccc2ccc3cccc4ccc1c2c34. The Morgan fingerprint density at radius 2 is 1.50 bits per heavy atom. The van der Waals surface area contributed by atoms with E-state index < -0.39 is 18.5 Å². The third kappa shape index (κ3) is 2.65. The average molecular weight is 344 g/mol. The van der Waals surface area contributed by atoms with Gasteiger partial charge in [0.25, 0.3) is 0 Å². The van der Waals surface area contributed by atoms with Crippen molar-refractivity contribution < 1.29 is 19.1 Å². The van der Waals surface area contributed by atoms with Crippen molar-refractivity contribution in [3.8, 4) is 5.75 Å². The van der Waals surface area contributed by atoms with Gasteiger partial charge >= 0.3 is 11.9 Å². The van der Waals surface area contributed by atoms with E-state index in [0.717, 1.165) is 32.3 Å². The Morgan fingerprint density at radius 1 is 0.885 bits per heavy atom. The van der Waals surface area contributed by atoms with Crippen LogP contribution < -0.4 is 4.74 Å². The normalized spacial score (nSPS) is 11.1. The Hall–Kier alpha value is -3.40. The summed E-state index contributed by atoms with van der Waals surface area (Å²) in [6.07, 6.45) is 0. The molecule has 4 heteroatoms. The van der Waals surface area contributed by atoms with Crippen LogP contribution in [0.4, 0.5) is 0 Å². The first kappa shape index (κ1) is 16.1. The van der Waals surface area contributed by atoms with Crippen LogP contribution in [0.3, 0.4) is 0 Å². The molecule has 4 nitrogen and oxygen atoms in total. The van der Waals surface area contributed by atoms with E-state index >= 15 is 0 Å². The average Bonchev–Trinajstić information content (AvgIpc) is 2.65. The topological polar surface area (TPSA) is 52.6 Å². The Kier molecular flexibility index (Phi) is 3.81. The molecule has 4 rings (SSSR count). The lowest BCUT2D eigenvalue weighted by Gasteiger charge is -2.13. The fraction of sp³-hybridized carbons (Fsp3) is 0.0909.